The number of aromatic nitrogens is 2. The van der Waals surface area contributed by atoms with Crippen LogP contribution >= 0.6 is 0 Å². The van der Waals surface area contributed by atoms with E-state index in [0.29, 0.717) is 23.7 Å². The topological polar surface area (TPSA) is 9.86 Å². The van der Waals surface area contributed by atoms with Gasteiger partial charge in [0, 0.05) is 44.0 Å². The van der Waals surface area contributed by atoms with Crippen LogP contribution < -0.4 is 32.8 Å². The predicted octanol–water partition coefficient (Wildman–Crippen LogP) is 17.8. The van der Waals surface area contributed by atoms with Crippen LogP contribution in [-0.2, 0) is 32.5 Å². The molecule has 0 atom stereocenters. The van der Waals surface area contributed by atoms with Crippen molar-refractivity contribution < 1.29 is 0 Å². The third-order valence-corrected chi connectivity index (χ3v) is 19.3. The monoisotopic (exact) mass is 1080 g/mol. The van der Waals surface area contributed by atoms with Crippen molar-refractivity contribution in [1.82, 2.24) is 9.13 Å². The Balaban J connectivity index is 1.44. The molecule has 7 aromatic carbocycles. The van der Waals surface area contributed by atoms with E-state index in [-0.39, 0.29) is 45.9 Å². The molecule has 0 saturated heterocycles. The summed E-state index contributed by atoms with van der Waals surface area (Å²) in [7, 11) is 0. The minimum Gasteiger partial charge on any atom is -0.310 e. The van der Waals surface area contributed by atoms with Gasteiger partial charge in [-0.3, -0.25) is 0 Å². The number of hydrogen-bond donors (Lipinski definition) is 0. The number of rotatable bonds is 6. The van der Waals surface area contributed by atoms with Crippen LogP contribution in [0.25, 0.3) is 55.0 Å². The van der Waals surface area contributed by atoms with Gasteiger partial charge in [0.1, 0.15) is 0 Å². The zero-order valence-electron chi connectivity index (χ0n) is 55.6. The molecule has 0 unspecified atom stereocenters. The first-order valence-electron chi connectivity index (χ1n) is 31.6. The molecule has 2 aliphatic rings. The highest BCUT2D eigenvalue weighted by molar-refractivity contribution is 7.00. The Hall–Kier alpha value is -5.73. The minimum atomic E-state index is -0.156. The molecule has 0 bridgehead atoms. The smallest absolute Gasteiger partial charge is 0.247 e. The first kappa shape index (κ1) is 58.1. The fourth-order valence-corrected chi connectivity index (χ4v) is 14.5. The maximum atomic E-state index is 2.76. The Bertz CT molecular complexity index is 3760. The summed E-state index contributed by atoms with van der Waals surface area (Å²) in [6, 6.07) is 41.4. The molecule has 0 radical (unpaired) electrons. The van der Waals surface area contributed by atoms with Crippen molar-refractivity contribution >= 4 is 89.8 Å². The summed E-state index contributed by atoms with van der Waals surface area (Å²) >= 11 is 0. The summed E-state index contributed by atoms with van der Waals surface area (Å²) < 4.78 is 5.51. The van der Waals surface area contributed by atoms with E-state index < -0.39 is 0 Å². The van der Waals surface area contributed by atoms with E-state index in [9.17, 15) is 0 Å². The second-order valence-electron chi connectivity index (χ2n) is 33.2. The van der Waals surface area contributed by atoms with Gasteiger partial charge < -0.3 is 9.13 Å². The van der Waals surface area contributed by atoms with Crippen molar-refractivity contribution in [1.29, 1.82) is 0 Å². The highest BCUT2D eigenvalue weighted by Gasteiger charge is 2.46. The first-order chi connectivity index (χ1) is 37.8. The van der Waals surface area contributed by atoms with Crippen LogP contribution in [0.1, 0.15) is 259 Å². The van der Waals surface area contributed by atoms with Crippen molar-refractivity contribution in [3.8, 4) is 11.4 Å². The van der Waals surface area contributed by atoms with E-state index in [0.717, 1.165) is 0 Å². The lowest BCUT2D eigenvalue weighted by atomic mass is 9.30. The van der Waals surface area contributed by atoms with Gasteiger partial charge in [-0.2, -0.15) is 0 Å². The molecule has 82 heavy (non-hydrogen) atoms. The van der Waals surface area contributed by atoms with Crippen LogP contribution in [0.3, 0.4) is 0 Å². The molecule has 0 spiro atoms. The van der Waals surface area contributed by atoms with Gasteiger partial charge in [-0.25, -0.2) is 0 Å². The molecule has 2 aliphatic heterocycles. The standard InChI is InChI=1S/C78H98B2N2/c1-43(2)47-27-29-65-53(31-47)55-33-49(45(5)6)35-63-71(55)81(65)67-41-62-68(42-61(67)79(63)69-57(75(15,16)17)37-51(73(9,10)11)38-58(69)76(18,19)20)82-66-30-28-48(44(3)4)32-54(66)56-34-50(46(7)8)36-64(72(56)82)80(62)70-59(77(21,22)23)39-52(74(12,13)14)40-60(70)78(24,25)26/h27-46H,1-26H3. The molecule has 2 nitrogen and oxygen atoms in total. The highest BCUT2D eigenvalue weighted by Crippen LogP contribution is 2.43. The lowest BCUT2D eigenvalue weighted by molar-refractivity contribution is 0.552. The van der Waals surface area contributed by atoms with Gasteiger partial charge in [0.15, 0.2) is 0 Å². The first-order valence-corrected chi connectivity index (χ1v) is 31.6. The van der Waals surface area contributed by atoms with Crippen LogP contribution in [-0.4, -0.2) is 22.6 Å². The second-order valence-corrected chi connectivity index (χ2v) is 33.2. The van der Waals surface area contributed by atoms with Gasteiger partial charge in [-0.05, 0) is 182 Å². The molecule has 0 amide bonds. The molecular formula is C78H98B2N2. The van der Waals surface area contributed by atoms with Crippen LogP contribution in [0.15, 0.2) is 97.1 Å². The fraction of sp³-hybridized carbons (Fsp3) is 0.462. The van der Waals surface area contributed by atoms with Crippen molar-refractivity contribution in [3.05, 3.63) is 153 Å². The number of hydrogen-bond acceptors (Lipinski definition) is 0. The maximum absolute atomic E-state index is 2.76. The molecule has 4 heteroatoms. The summed E-state index contributed by atoms with van der Waals surface area (Å²) in [5.41, 5.74) is 30.1. The molecular weight excluding hydrogens is 986 g/mol. The van der Waals surface area contributed by atoms with Crippen LogP contribution in [0.2, 0.25) is 0 Å². The van der Waals surface area contributed by atoms with Gasteiger partial charge in [0.2, 0.25) is 13.4 Å². The summed E-state index contributed by atoms with van der Waals surface area (Å²) in [4.78, 5) is 0. The maximum Gasteiger partial charge on any atom is 0.247 e. The van der Waals surface area contributed by atoms with E-state index in [4.69, 9.17) is 0 Å². The quantitative estimate of drug-likeness (QED) is 0.147. The Morgan fingerprint density at radius 2 is 0.573 bits per heavy atom. The SMILES string of the molecule is CC(C)c1ccc2c(c1)c1cc(C(C)C)cc3c1n2-c1cc2c(cc1B3c1c(C(C)(C)C)cc(C(C)(C)C)cc1C(C)(C)C)-n1c3ccc(C(C)C)cc3c3cc(C(C)C)cc(c31)B2c1c(C(C)(C)C)cc(C(C)(C)C)cc1C(C)(C)C. The molecule has 0 saturated carbocycles. The lowest BCUT2D eigenvalue weighted by Gasteiger charge is -2.40. The Morgan fingerprint density at radius 3 is 0.829 bits per heavy atom. The second kappa shape index (κ2) is 18.9. The number of fused-ring (bicyclic) bond motifs is 10. The summed E-state index contributed by atoms with van der Waals surface area (Å²) in [6.07, 6.45) is 0. The van der Waals surface area contributed by atoms with Gasteiger partial charge in [-0.1, -0.05) is 239 Å². The predicted molar refractivity (Wildman–Crippen MR) is 366 cm³/mol. The lowest BCUT2D eigenvalue weighted by Crippen LogP contribution is -2.63. The van der Waals surface area contributed by atoms with Gasteiger partial charge in [-0.15, -0.1) is 0 Å². The van der Waals surface area contributed by atoms with Crippen molar-refractivity contribution in [2.75, 3.05) is 0 Å². The van der Waals surface area contributed by atoms with Crippen molar-refractivity contribution in [3.63, 3.8) is 0 Å². The van der Waals surface area contributed by atoms with E-state index in [2.05, 4.69) is 286 Å². The normalized spacial score (nSPS) is 14.4. The third kappa shape index (κ3) is 9.19. The molecule has 11 rings (SSSR count). The summed E-state index contributed by atoms with van der Waals surface area (Å²) in [5, 5.41) is 5.46. The van der Waals surface area contributed by atoms with Gasteiger partial charge >= 0.3 is 0 Å². The van der Waals surface area contributed by atoms with Crippen LogP contribution in [0, 0.1) is 0 Å². The van der Waals surface area contributed by atoms with Crippen molar-refractivity contribution in [2.24, 2.45) is 0 Å². The Kier molecular flexibility index (Phi) is 13.4. The van der Waals surface area contributed by atoms with E-state index in [1.807, 2.05) is 0 Å². The summed E-state index contributed by atoms with van der Waals surface area (Å²) in [6.45, 7) is 62.9. The summed E-state index contributed by atoms with van der Waals surface area (Å²) in [5.74, 6) is 1.48. The minimum absolute atomic E-state index is 0.0372. The average molecular weight is 1090 g/mol. The average Bonchev–Trinajstić information content (AvgIpc) is 1.58. The zero-order chi connectivity index (χ0) is 59.9. The molecule has 0 aliphatic carbocycles. The van der Waals surface area contributed by atoms with E-state index in [1.165, 1.54) is 143 Å². The fourth-order valence-electron chi connectivity index (χ4n) is 14.5. The molecule has 426 valence electrons. The molecule has 0 fully saturated rings. The largest absolute Gasteiger partial charge is 0.310 e. The van der Waals surface area contributed by atoms with Crippen LogP contribution in [0.4, 0.5) is 0 Å². The Morgan fingerprint density at radius 1 is 0.293 bits per heavy atom. The van der Waals surface area contributed by atoms with Crippen molar-refractivity contribution in [2.45, 2.75) is 236 Å². The van der Waals surface area contributed by atoms with E-state index in [1.54, 1.807) is 0 Å². The zero-order valence-corrected chi connectivity index (χ0v) is 55.6. The molecule has 4 heterocycles. The number of nitrogens with zero attached hydrogens (tertiary/aromatic N) is 2. The molecule has 9 aromatic rings. The van der Waals surface area contributed by atoms with E-state index >= 15 is 0 Å². The van der Waals surface area contributed by atoms with Gasteiger partial charge in [0.25, 0.3) is 0 Å². The molecule has 0 N–H and O–H groups in total. The highest BCUT2D eigenvalue weighted by atomic mass is 15.0. The van der Waals surface area contributed by atoms with Gasteiger partial charge in [0.05, 0.1) is 11.0 Å². The third-order valence-electron chi connectivity index (χ3n) is 19.3. The molecule has 2 aromatic heterocycles. The van der Waals surface area contributed by atoms with Crippen LogP contribution in [0.5, 0.6) is 0 Å². The number of benzene rings is 7. The Labute approximate surface area is 496 Å².